The lowest BCUT2D eigenvalue weighted by molar-refractivity contribution is 0.687. The normalized spacial score (nSPS) is 10.7. The number of aromatic nitrogens is 2. The van der Waals surface area contributed by atoms with Crippen LogP contribution >= 0.6 is 11.6 Å². The largest absolute Gasteiger partial charge is 0.268 e. The molecular weight excluding hydrogens is 268 g/mol. The van der Waals surface area contributed by atoms with E-state index in [0.29, 0.717) is 0 Å². The molecule has 0 saturated heterocycles. The Bertz CT molecular complexity index is 714. The van der Waals surface area contributed by atoms with Crippen LogP contribution in [0.5, 0.6) is 0 Å². The number of rotatable bonds is 3. The molecule has 0 saturated carbocycles. The van der Waals surface area contributed by atoms with Gasteiger partial charge in [-0.05, 0) is 30.2 Å². The van der Waals surface area contributed by atoms with Crippen LogP contribution in [0.25, 0.3) is 11.1 Å². The van der Waals surface area contributed by atoms with Gasteiger partial charge in [0, 0.05) is 16.8 Å². The van der Waals surface area contributed by atoms with Crippen molar-refractivity contribution in [2.24, 2.45) is 0 Å². The van der Waals surface area contributed by atoms with Crippen molar-refractivity contribution in [2.75, 3.05) is 0 Å². The van der Waals surface area contributed by atoms with Gasteiger partial charge in [-0.25, -0.2) is 0 Å². The lowest BCUT2D eigenvalue weighted by atomic mass is 10.1. The topological polar surface area (TPSA) is 17.8 Å². The Morgan fingerprint density at radius 3 is 2.60 bits per heavy atom. The van der Waals surface area contributed by atoms with E-state index in [1.54, 1.807) is 0 Å². The van der Waals surface area contributed by atoms with Crippen LogP contribution in [-0.4, -0.2) is 9.78 Å². The van der Waals surface area contributed by atoms with Gasteiger partial charge in [0.1, 0.15) is 0 Å². The van der Waals surface area contributed by atoms with Gasteiger partial charge in [0.25, 0.3) is 0 Å². The van der Waals surface area contributed by atoms with Gasteiger partial charge < -0.3 is 0 Å². The molecule has 1 aromatic heterocycles. The van der Waals surface area contributed by atoms with Crippen LogP contribution in [0.15, 0.2) is 60.9 Å². The molecule has 0 aliphatic heterocycles. The predicted molar refractivity (Wildman–Crippen MR) is 83.0 cm³/mol. The van der Waals surface area contributed by atoms with Crippen LogP contribution < -0.4 is 0 Å². The number of hydrogen-bond acceptors (Lipinski definition) is 1. The first-order chi connectivity index (χ1) is 9.70. The average Bonchev–Trinajstić information content (AvgIpc) is 2.88. The molecule has 100 valence electrons. The zero-order chi connectivity index (χ0) is 13.9. The highest BCUT2D eigenvalue weighted by molar-refractivity contribution is 6.30. The number of benzene rings is 2. The second-order valence-corrected chi connectivity index (χ2v) is 5.36. The standard InChI is InChI=1S/C17H15ClN2/c1-13-5-7-15(8-6-13)16-10-19-20(12-16)11-14-3-2-4-17(18)9-14/h2-10,12H,11H2,1H3. The molecule has 0 unspecified atom stereocenters. The van der Waals surface area contributed by atoms with Gasteiger partial charge in [-0.3, -0.25) is 4.68 Å². The summed E-state index contributed by atoms with van der Waals surface area (Å²) >= 11 is 6.00. The molecule has 0 atom stereocenters. The fourth-order valence-corrected chi connectivity index (χ4v) is 2.38. The van der Waals surface area contributed by atoms with E-state index in [4.69, 9.17) is 11.6 Å². The molecule has 2 aromatic carbocycles. The summed E-state index contributed by atoms with van der Waals surface area (Å²) in [7, 11) is 0. The van der Waals surface area contributed by atoms with Crippen molar-refractivity contribution in [1.29, 1.82) is 0 Å². The van der Waals surface area contributed by atoms with Gasteiger partial charge in [0.2, 0.25) is 0 Å². The van der Waals surface area contributed by atoms with Crippen LogP contribution in [0.3, 0.4) is 0 Å². The summed E-state index contributed by atoms with van der Waals surface area (Å²) < 4.78 is 1.93. The summed E-state index contributed by atoms with van der Waals surface area (Å²) in [6, 6.07) is 16.3. The summed E-state index contributed by atoms with van der Waals surface area (Å²) in [4.78, 5) is 0. The van der Waals surface area contributed by atoms with Gasteiger partial charge in [-0.15, -0.1) is 0 Å². The molecular formula is C17H15ClN2. The maximum absolute atomic E-state index is 6.00. The van der Waals surface area contributed by atoms with Crippen molar-refractivity contribution >= 4 is 11.6 Å². The molecule has 0 fully saturated rings. The van der Waals surface area contributed by atoms with Crippen LogP contribution in [0.1, 0.15) is 11.1 Å². The van der Waals surface area contributed by atoms with Crippen molar-refractivity contribution < 1.29 is 0 Å². The zero-order valence-electron chi connectivity index (χ0n) is 11.3. The molecule has 1 heterocycles. The molecule has 0 aliphatic rings. The molecule has 0 bridgehead atoms. The maximum atomic E-state index is 6.00. The number of nitrogens with zero attached hydrogens (tertiary/aromatic N) is 2. The Morgan fingerprint density at radius 2 is 1.85 bits per heavy atom. The number of hydrogen-bond donors (Lipinski definition) is 0. The molecule has 0 N–H and O–H groups in total. The van der Waals surface area contributed by atoms with Gasteiger partial charge in [0.05, 0.1) is 12.7 Å². The van der Waals surface area contributed by atoms with E-state index in [9.17, 15) is 0 Å². The van der Waals surface area contributed by atoms with Crippen LogP contribution in [0.4, 0.5) is 0 Å². The zero-order valence-corrected chi connectivity index (χ0v) is 12.0. The Kier molecular flexibility index (Phi) is 3.57. The van der Waals surface area contributed by atoms with E-state index in [1.165, 1.54) is 11.1 Å². The lowest BCUT2D eigenvalue weighted by Crippen LogP contribution is -1.99. The lowest BCUT2D eigenvalue weighted by Gasteiger charge is -2.02. The Balaban J connectivity index is 1.82. The molecule has 0 aliphatic carbocycles. The van der Waals surface area contributed by atoms with Crippen molar-refractivity contribution in [2.45, 2.75) is 13.5 Å². The minimum Gasteiger partial charge on any atom is -0.268 e. The van der Waals surface area contributed by atoms with E-state index in [2.05, 4.69) is 48.6 Å². The van der Waals surface area contributed by atoms with E-state index in [-0.39, 0.29) is 0 Å². The van der Waals surface area contributed by atoms with Gasteiger partial charge in [0.15, 0.2) is 0 Å². The molecule has 0 amide bonds. The smallest absolute Gasteiger partial charge is 0.0660 e. The van der Waals surface area contributed by atoms with Crippen molar-refractivity contribution in [3.05, 3.63) is 77.1 Å². The first-order valence-electron chi connectivity index (χ1n) is 6.55. The van der Waals surface area contributed by atoms with E-state index < -0.39 is 0 Å². The Morgan fingerprint density at radius 1 is 1.05 bits per heavy atom. The number of aryl methyl sites for hydroxylation is 1. The third-order valence-corrected chi connectivity index (χ3v) is 3.49. The van der Waals surface area contributed by atoms with E-state index >= 15 is 0 Å². The van der Waals surface area contributed by atoms with Gasteiger partial charge in [-0.1, -0.05) is 53.6 Å². The molecule has 2 nitrogen and oxygen atoms in total. The van der Waals surface area contributed by atoms with Crippen molar-refractivity contribution in [3.63, 3.8) is 0 Å². The number of halogens is 1. The maximum Gasteiger partial charge on any atom is 0.0660 e. The second kappa shape index (κ2) is 5.51. The highest BCUT2D eigenvalue weighted by atomic mass is 35.5. The van der Waals surface area contributed by atoms with Crippen molar-refractivity contribution in [1.82, 2.24) is 9.78 Å². The minimum absolute atomic E-state index is 0.729. The molecule has 0 spiro atoms. The summed E-state index contributed by atoms with van der Waals surface area (Å²) in [5, 5.41) is 5.17. The summed E-state index contributed by atoms with van der Waals surface area (Å²) in [5.41, 5.74) is 4.73. The Labute approximate surface area is 123 Å². The van der Waals surface area contributed by atoms with Crippen LogP contribution in [-0.2, 0) is 6.54 Å². The van der Waals surface area contributed by atoms with Crippen LogP contribution in [0, 0.1) is 6.92 Å². The van der Waals surface area contributed by atoms with Gasteiger partial charge >= 0.3 is 0 Å². The predicted octanol–water partition coefficient (Wildman–Crippen LogP) is 4.56. The van der Waals surface area contributed by atoms with E-state index in [1.807, 2.05) is 29.1 Å². The van der Waals surface area contributed by atoms with E-state index in [0.717, 1.165) is 22.7 Å². The van der Waals surface area contributed by atoms with Crippen LogP contribution in [0.2, 0.25) is 5.02 Å². The summed E-state index contributed by atoms with van der Waals surface area (Å²) in [6.45, 7) is 2.82. The third-order valence-electron chi connectivity index (χ3n) is 3.25. The SMILES string of the molecule is Cc1ccc(-c2cnn(Cc3cccc(Cl)c3)c2)cc1. The molecule has 0 radical (unpaired) electrons. The highest BCUT2D eigenvalue weighted by Gasteiger charge is 2.02. The first-order valence-corrected chi connectivity index (χ1v) is 6.92. The molecule has 3 heteroatoms. The summed E-state index contributed by atoms with van der Waals surface area (Å²) in [6.07, 6.45) is 3.96. The fourth-order valence-electron chi connectivity index (χ4n) is 2.17. The minimum atomic E-state index is 0.729. The Hall–Kier alpha value is -2.06. The average molecular weight is 283 g/mol. The third kappa shape index (κ3) is 2.91. The van der Waals surface area contributed by atoms with Gasteiger partial charge in [-0.2, -0.15) is 5.10 Å². The second-order valence-electron chi connectivity index (χ2n) is 4.92. The fraction of sp³-hybridized carbons (Fsp3) is 0.118. The first kappa shape index (κ1) is 12.9. The molecule has 3 aromatic rings. The van der Waals surface area contributed by atoms with Crippen molar-refractivity contribution in [3.8, 4) is 11.1 Å². The molecule has 20 heavy (non-hydrogen) atoms. The monoisotopic (exact) mass is 282 g/mol. The molecule has 3 rings (SSSR count). The quantitative estimate of drug-likeness (QED) is 0.688. The summed E-state index contributed by atoms with van der Waals surface area (Å²) in [5.74, 6) is 0. The highest BCUT2D eigenvalue weighted by Crippen LogP contribution is 2.19.